The van der Waals surface area contributed by atoms with Crippen molar-refractivity contribution in [1.82, 2.24) is 10.2 Å². The van der Waals surface area contributed by atoms with Crippen molar-refractivity contribution in [3.8, 4) is 5.75 Å². The van der Waals surface area contributed by atoms with Gasteiger partial charge in [0.05, 0.1) is 19.2 Å². The minimum Gasteiger partial charge on any atom is -0.434 e. The Balaban J connectivity index is 2.25. The molecule has 1 unspecified atom stereocenters. The van der Waals surface area contributed by atoms with Gasteiger partial charge in [0.1, 0.15) is 5.75 Å². The predicted molar refractivity (Wildman–Crippen MR) is 145 cm³/mol. The van der Waals surface area contributed by atoms with E-state index >= 15 is 0 Å². The molecular formula is C27H33F2N5O4. The van der Waals surface area contributed by atoms with E-state index < -0.39 is 6.61 Å². The number of carbonyl (C=O) groups is 2. The molecule has 0 saturated carbocycles. The standard InChI is InChI=1S/C27H33F2N5O4/c1-30-10-11-34(19-36)24(18-37-3)16-32-14-23(13-31-2)20-8-9-22(17-35)25(12-20)33-15-21-6-4-5-7-26(21)38-27(28)29/h4-9,12-14,17,19,24,27,30,33H,2,10-11,15-16,18H2,1,3H3/b23-13+,32-14?. The molecule has 0 aliphatic rings. The maximum atomic E-state index is 12.8. The molecule has 1 amide bonds. The van der Waals surface area contributed by atoms with E-state index in [-0.39, 0.29) is 18.3 Å². The summed E-state index contributed by atoms with van der Waals surface area (Å²) in [7, 11) is 3.37. The van der Waals surface area contributed by atoms with Crippen LogP contribution in [0.15, 0.2) is 58.6 Å². The lowest BCUT2D eigenvalue weighted by molar-refractivity contribution is -0.121. The number of hydrogen-bond acceptors (Lipinski definition) is 8. The lowest BCUT2D eigenvalue weighted by Gasteiger charge is -2.26. The van der Waals surface area contributed by atoms with Gasteiger partial charge in [0.25, 0.3) is 0 Å². The van der Waals surface area contributed by atoms with E-state index in [1.807, 2.05) is 0 Å². The van der Waals surface area contributed by atoms with Gasteiger partial charge in [0, 0.05) is 61.5 Å². The first kappa shape index (κ1) is 30.3. The molecule has 0 spiro atoms. The zero-order valence-corrected chi connectivity index (χ0v) is 21.5. The van der Waals surface area contributed by atoms with Gasteiger partial charge < -0.3 is 25.0 Å². The number of hydrogen-bond donors (Lipinski definition) is 2. The van der Waals surface area contributed by atoms with E-state index in [0.29, 0.717) is 60.5 Å². The topological polar surface area (TPSA) is 105 Å². The molecule has 38 heavy (non-hydrogen) atoms. The SMILES string of the molecule is C=N/C=C(\C=NCC(COC)N(C=O)CCNC)c1ccc(C=O)c(NCc2ccccc2OC(F)F)c1. The molecule has 2 rings (SSSR count). The van der Waals surface area contributed by atoms with Gasteiger partial charge in [-0.1, -0.05) is 24.3 Å². The van der Waals surface area contributed by atoms with E-state index in [0.717, 1.165) is 6.41 Å². The van der Waals surface area contributed by atoms with Crippen molar-refractivity contribution in [3.05, 3.63) is 65.4 Å². The highest BCUT2D eigenvalue weighted by Gasteiger charge is 2.16. The first-order valence-electron chi connectivity index (χ1n) is 11.8. The normalized spacial score (nSPS) is 12.4. The van der Waals surface area contributed by atoms with E-state index in [4.69, 9.17) is 4.74 Å². The number of rotatable bonds is 18. The molecule has 2 aromatic rings. The fourth-order valence-corrected chi connectivity index (χ4v) is 3.60. The van der Waals surface area contributed by atoms with Crippen LogP contribution in [0.1, 0.15) is 21.5 Å². The van der Waals surface area contributed by atoms with Gasteiger partial charge in [-0.3, -0.25) is 19.6 Å². The van der Waals surface area contributed by atoms with Crippen LogP contribution in [0.4, 0.5) is 14.5 Å². The molecule has 2 N–H and O–H groups in total. The number of ether oxygens (including phenoxy) is 2. The highest BCUT2D eigenvalue weighted by Crippen LogP contribution is 2.25. The molecule has 0 bridgehead atoms. The smallest absolute Gasteiger partial charge is 0.387 e. The minimum atomic E-state index is -2.95. The summed E-state index contributed by atoms with van der Waals surface area (Å²) in [6.45, 7) is 2.47. The number of amides is 1. The third-order valence-corrected chi connectivity index (χ3v) is 5.53. The van der Waals surface area contributed by atoms with Crippen LogP contribution in [0.5, 0.6) is 5.75 Å². The van der Waals surface area contributed by atoms with Crippen LogP contribution in [0.3, 0.4) is 0 Å². The number of benzene rings is 2. The Kier molecular flexibility index (Phi) is 13.3. The summed E-state index contributed by atoms with van der Waals surface area (Å²) in [6.07, 6.45) is 4.62. The Hall–Kier alpha value is -3.96. The summed E-state index contributed by atoms with van der Waals surface area (Å²) >= 11 is 0. The number of aldehydes is 1. The van der Waals surface area contributed by atoms with Gasteiger partial charge in [-0.05, 0) is 37.5 Å². The molecule has 2 aromatic carbocycles. The summed E-state index contributed by atoms with van der Waals surface area (Å²) < 4.78 is 35.4. The van der Waals surface area contributed by atoms with Crippen LogP contribution in [-0.2, 0) is 16.1 Å². The van der Waals surface area contributed by atoms with E-state index in [2.05, 4.69) is 32.1 Å². The molecular weight excluding hydrogens is 496 g/mol. The highest BCUT2D eigenvalue weighted by atomic mass is 19.3. The van der Waals surface area contributed by atoms with Crippen molar-refractivity contribution >= 4 is 36.9 Å². The summed E-state index contributed by atoms with van der Waals surface area (Å²) in [5.41, 5.74) is 2.68. The summed E-state index contributed by atoms with van der Waals surface area (Å²) in [5.74, 6) is 0.0482. The number of para-hydroxylation sites is 1. The second-order valence-electron chi connectivity index (χ2n) is 8.08. The lowest BCUT2D eigenvalue weighted by Crippen LogP contribution is -2.42. The summed E-state index contributed by atoms with van der Waals surface area (Å²) in [5, 5.41) is 6.13. The van der Waals surface area contributed by atoms with Crippen molar-refractivity contribution in [3.63, 3.8) is 0 Å². The molecule has 204 valence electrons. The Labute approximate surface area is 221 Å². The molecule has 0 heterocycles. The van der Waals surface area contributed by atoms with Crippen molar-refractivity contribution in [2.75, 3.05) is 45.7 Å². The minimum absolute atomic E-state index is 0.0482. The third kappa shape index (κ3) is 9.49. The van der Waals surface area contributed by atoms with E-state index in [9.17, 15) is 18.4 Å². The van der Waals surface area contributed by atoms with E-state index in [1.165, 1.54) is 12.3 Å². The van der Waals surface area contributed by atoms with Crippen LogP contribution in [0.25, 0.3) is 5.57 Å². The predicted octanol–water partition coefficient (Wildman–Crippen LogP) is 3.52. The maximum absolute atomic E-state index is 12.8. The highest BCUT2D eigenvalue weighted by molar-refractivity contribution is 6.10. The maximum Gasteiger partial charge on any atom is 0.387 e. The van der Waals surface area contributed by atoms with Gasteiger partial charge in [-0.15, -0.1) is 0 Å². The van der Waals surface area contributed by atoms with Gasteiger partial charge in [0.2, 0.25) is 6.41 Å². The van der Waals surface area contributed by atoms with Crippen molar-refractivity contribution in [2.45, 2.75) is 19.2 Å². The van der Waals surface area contributed by atoms with E-state index in [1.54, 1.807) is 61.7 Å². The second-order valence-corrected chi connectivity index (χ2v) is 8.08. The first-order valence-corrected chi connectivity index (χ1v) is 11.8. The summed E-state index contributed by atoms with van der Waals surface area (Å²) in [6, 6.07) is 11.3. The molecule has 11 heteroatoms. The Morgan fingerprint density at radius 3 is 2.66 bits per heavy atom. The Bertz CT molecular complexity index is 1110. The Morgan fingerprint density at radius 1 is 1.21 bits per heavy atom. The molecule has 0 aromatic heterocycles. The number of nitrogens with zero attached hydrogens (tertiary/aromatic N) is 3. The molecule has 0 aliphatic heterocycles. The van der Waals surface area contributed by atoms with Crippen LogP contribution in [-0.4, -0.2) is 83.6 Å². The average Bonchev–Trinajstić information content (AvgIpc) is 2.92. The zero-order chi connectivity index (χ0) is 27.8. The summed E-state index contributed by atoms with van der Waals surface area (Å²) in [4.78, 5) is 33.2. The monoisotopic (exact) mass is 529 g/mol. The fraction of sp³-hybridized carbons (Fsp3) is 0.333. The number of nitrogens with one attached hydrogen (secondary N) is 2. The number of halogens is 2. The Morgan fingerprint density at radius 2 is 2.00 bits per heavy atom. The number of methoxy groups -OCH3 is 1. The average molecular weight is 530 g/mol. The number of aliphatic imine (C=N–C) groups is 2. The quantitative estimate of drug-likeness (QED) is 0.226. The zero-order valence-electron chi connectivity index (χ0n) is 21.5. The van der Waals surface area contributed by atoms with Crippen LogP contribution in [0.2, 0.25) is 0 Å². The molecule has 1 atom stereocenters. The number of alkyl halides is 2. The van der Waals surface area contributed by atoms with Crippen molar-refractivity contribution < 1.29 is 27.8 Å². The fourth-order valence-electron chi connectivity index (χ4n) is 3.60. The van der Waals surface area contributed by atoms with Crippen LogP contribution < -0.4 is 15.4 Å². The van der Waals surface area contributed by atoms with Gasteiger partial charge >= 0.3 is 6.61 Å². The molecule has 0 aliphatic carbocycles. The second kappa shape index (κ2) is 16.7. The first-order chi connectivity index (χ1) is 18.5. The van der Waals surface area contributed by atoms with Crippen molar-refractivity contribution in [2.24, 2.45) is 9.98 Å². The largest absolute Gasteiger partial charge is 0.434 e. The number of anilines is 1. The molecule has 0 radical (unpaired) electrons. The molecule has 9 nitrogen and oxygen atoms in total. The number of allylic oxidation sites excluding steroid dienone is 1. The van der Waals surface area contributed by atoms with Crippen LogP contribution in [0, 0.1) is 0 Å². The number of carbonyl (C=O) groups excluding carboxylic acids is 2. The molecule has 0 saturated heterocycles. The third-order valence-electron chi connectivity index (χ3n) is 5.53. The van der Waals surface area contributed by atoms with Crippen molar-refractivity contribution in [1.29, 1.82) is 0 Å². The lowest BCUT2D eigenvalue weighted by atomic mass is 10.0. The number of likely N-dealkylation sites (N-methyl/N-ethyl adjacent to an activating group) is 1. The van der Waals surface area contributed by atoms with Gasteiger partial charge in [0.15, 0.2) is 6.29 Å². The van der Waals surface area contributed by atoms with Gasteiger partial charge in [-0.2, -0.15) is 8.78 Å². The van der Waals surface area contributed by atoms with Crippen LogP contribution >= 0.6 is 0 Å². The molecule has 0 fully saturated rings. The van der Waals surface area contributed by atoms with Gasteiger partial charge in [-0.25, -0.2) is 0 Å².